The Morgan fingerprint density at radius 2 is 1.46 bits per heavy atom. The lowest BCUT2D eigenvalue weighted by molar-refractivity contribution is -0.140. The number of carbonyl (C=O) groups excluding carboxylic acids is 1. The summed E-state index contributed by atoms with van der Waals surface area (Å²) < 4.78 is 15.6. The van der Waals surface area contributed by atoms with Gasteiger partial charge in [-0.05, 0) is 36.2 Å². The van der Waals surface area contributed by atoms with Crippen molar-refractivity contribution in [2.24, 2.45) is 0 Å². The molecule has 0 atom stereocenters. The van der Waals surface area contributed by atoms with Crippen LogP contribution in [0.15, 0.2) is 54.6 Å². The van der Waals surface area contributed by atoms with Crippen molar-refractivity contribution in [1.82, 2.24) is 0 Å². The van der Waals surface area contributed by atoms with Gasteiger partial charge in [0.25, 0.3) is 0 Å². The van der Waals surface area contributed by atoms with Crippen LogP contribution in [0.5, 0.6) is 11.5 Å². The zero-order valence-electron chi connectivity index (χ0n) is 13.7. The van der Waals surface area contributed by atoms with Crippen LogP contribution in [0.1, 0.15) is 12.0 Å². The molecule has 4 heteroatoms. The average molecular weight is 324 g/mol. The van der Waals surface area contributed by atoms with E-state index in [2.05, 4.69) is 16.6 Å². The molecule has 0 radical (unpaired) electrons. The molecule has 0 amide bonds. The Morgan fingerprint density at radius 3 is 2.04 bits per heavy atom. The minimum atomic E-state index is -0.205. The van der Waals surface area contributed by atoms with Crippen LogP contribution in [0, 0.1) is 11.8 Å². The van der Waals surface area contributed by atoms with Gasteiger partial charge in [0.05, 0.1) is 7.11 Å². The number of benzene rings is 2. The van der Waals surface area contributed by atoms with Gasteiger partial charge in [0.2, 0.25) is 0 Å². The number of carbonyl (C=O) groups is 1. The van der Waals surface area contributed by atoms with E-state index in [0.717, 1.165) is 17.1 Å². The van der Waals surface area contributed by atoms with Crippen LogP contribution in [0.4, 0.5) is 0 Å². The molecule has 0 aromatic heterocycles. The third-order valence-electron chi connectivity index (χ3n) is 3.26. The molecule has 124 valence electrons. The van der Waals surface area contributed by atoms with E-state index in [0.29, 0.717) is 26.1 Å². The van der Waals surface area contributed by atoms with E-state index in [1.165, 1.54) is 7.11 Å². The number of methoxy groups -OCH3 is 1. The largest absolute Gasteiger partial charge is 0.481 e. The normalized spacial score (nSPS) is 9.54. The summed E-state index contributed by atoms with van der Waals surface area (Å²) in [6.45, 7) is 0.638. The van der Waals surface area contributed by atoms with Gasteiger partial charge in [0.1, 0.15) is 24.7 Å². The maximum atomic E-state index is 11.1. The van der Waals surface area contributed by atoms with Crippen molar-refractivity contribution in [3.63, 3.8) is 0 Å². The molecular formula is C20H20O4. The first-order chi connectivity index (χ1) is 11.8. The second-order valence-corrected chi connectivity index (χ2v) is 4.96. The molecular weight excluding hydrogens is 304 g/mol. The summed E-state index contributed by atoms with van der Waals surface area (Å²) in [5.41, 5.74) is 1.06. The predicted octanol–water partition coefficient (Wildman–Crippen LogP) is 3.25. The van der Waals surface area contributed by atoms with E-state index in [-0.39, 0.29) is 5.97 Å². The number of aryl methyl sites for hydroxylation is 1. The van der Waals surface area contributed by atoms with Crippen molar-refractivity contribution in [2.75, 3.05) is 20.3 Å². The lowest BCUT2D eigenvalue weighted by Gasteiger charge is -2.04. The molecule has 0 unspecified atom stereocenters. The average Bonchev–Trinajstić information content (AvgIpc) is 2.64. The Bertz CT molecular complexity index is 681. The smallest absolute Gasteiger partial charge is 0.305 e. The van der Waals surface area contributed by atoms with Gasteiger partial charge in [0.15, 0.2) is 0 Å². The Kier molecular flexibility index (Phi) is 7.23. The number of ether oxygens (including phenoxy) is 3. The topological polar surface area (TPSA) is 44.8 Å². The van der Waals surface area contributed by atoms with Gasteiger partial charge in [-0.3, -0.25) is 4.79 Å². The fourth-order valence-electron chi connectivity index (χ4n) is 1.96. The fourth-order valence-corrected chi connectivity index (χ4v) is 1.96. The molecule has 0 aliphatic carbocycles. The predicted molar refractivity (Wildman–Crippen MR) is 92.0 cm³/mol. The molecule has 4 nitrogen and oxygen atoms in total. The van der Waals surface area contributed by atoms with Gasteiger partial charge < -0.3 is 14.2 Å². The van der Waals surface area contributed by atoms with E-state index in [9.17, 15) is 4.79 Å². The molecule has 0 aliphatic rings. The van der Waals surface area contributed by atoms with Crippen LogP contribution >= 0.6 is 0 Å². The fraction of sp³-hybridized carbons (Fsp3) is 0.250. The summed E-state index contributed by atoms with van der Waals surface area (Å²) in [4.78, 5) is 11.1. The molecule has 0 spiro atoms. The van der Waals surface area contributed by atoms with E-state index >= 15 is 0 Å². The van der Waals surface area contributed by atoms with Gasteiger partial charge in [0, 0.05) is 6.42 Å². The number of hydrogen-bond acceptors (Lipinski definition) is 4. The molecule has 0 saturated carbocycles. The molecule has 2 rings (SSSR count). The van der Waals surface area contributed by atoms with Crippen LogP contribution in [0.2, 0.25) is 0 Å². The Balaban J connectivity index is 1.67. The minimum absolute atomic E-state index is 0.205. The Morgan fingerprint density at radius 1 is 0.875 bits per heavy atom. The zero-order valence-corrected chi connectivity index (χ0v) is 13.7. The molecule has 0 aliphatic heterocycles. The number of esters is 1. The van der Waals surface area contributed by atoms with Gasteiger partial charge in [-0.2, -0.15) is 0 Å². The minimum Gasteiger partial charge on any atom is -0.481 e. The van der Waals surface area contributed by atoms with Crippen molar-refractivity contribution < 1.29 is 19.0 Å². The van der Waals surface area contributed by atoms with Gasteiger partial charge in [-0.1, -0.05) is 42.2 Å². The Labute approximate surface area is 142 Å². The second kappa shape index (κ2) is 9.96. The Hall–Kier alpha value is -2.93. The van der Waals surface area contributed by atoms with Crippen LogP contribution in [0.3, 0.4) is 0 Å². The maximum Gasteiger partial charge on any atom is 0.305 e. The summed E-state index contributed by atoms with van der Waals surface area (Å²) >= 11 is 0. The van der Waals surface area contributed by atoms with E-state index in [1.807, 2.05) is 54.6 Å². The first-order valence-electron chi connectivity index (χ1n) is 7.70. The highest BCUT2D eigenvalue weighted by molar-refractivity contribution is 5.69. The first kappa shape index (κ1) is 17.4. The number of hydrogen-bond donors (Lipinski definition) is 0. The molecule has 2 aromatic carbocycles. The molecule has 0 heterocycles. The number of rotatable bonds is 7. The lowest BCUT2D eigenvalue weighted by atomic mass is 10.1. The van der Waals surface area contributed by atoms with E-state index in [4.69, 9.17) is 9.47 Å². The third-order valence-corrected chi connectivity index (χ3v) is 3.26. The van der Waals surface area contributed by atoms with Crippen molar-refractivity contribution in [1.29, 1.82) is 0 Å². The maximum absolute atomic E-state index is 11.1. The highest BCUT2D eigenvalue weighted by Gasteiger charge is 2.01. The van der Waals surface area contributed by atoms with E-state index in [1.54, 1.807) is 0 Å². The van der Waals surface area contributed by atoms with Crippen molar-refractivity contribution in [2.45, 2.75) is 12.8 Å². The summed E-state index contributed by atoms with van der Waals surface area (Å²) in [6, 6.07) is 17.2. The standard InChI is InChI=1S/C20H20O4/c1-22-20(21)14-11-17-9-12-19(13-10-17)24-16-6-5-15-23-18-7-3-2-4-8-18/h2-4,7-10,12-13H,11,14-16H2,1H3. The van der Waals surface area contributed by atoms with Crippen LogP contribution < -0.4 is 9.47 Å². The van der Waals surface area contributed by atoms with Crippen LogP contribution in [-0.4, -0.2) is 26.3 Å². The van der Waals surface area contributed by atoms with E-state index < -0.39 is 0 Å². The lowest BCUT2D eigenvalue weighted by Crippen LogP contribution is -2.02. The summed E-state index contributed by atoms with van der Waals surface area (Å²) in [7, 11) is 1.39. The highest BCUT2D eigenvalue weighted by Crippen LogP contribution is 2.13. The number of para-hydroxylation sites is 1. The molecule has 24 heavy (non-hydrogen) atoms. The van der Waals surface area contributed by atoms with Crippen molar-refractivity contribution >= 4 is 5.97 Å². The zero-order chi connectivity index (χ0) is 17.0. The third kappa shape index (κ3) is 6.45. The van der Waals surface area contributed by atoms with Crippen molar-refractivity contribution in [3.05, 3.63) is 60.2 Å². The SMILES string of the molecule is COC(=O)CCc1ccc(OCC#CCOc2ccccc2)cc1. The van der Waals surface area contributed by atoms with Gasteiger partial charge >= 0.3 is 5.97 Å². The molecule has 0 saturated heterocycles. The highest BCUT2D eigenvalue weighted by atomic mass is 16.5. The van der Waals surface area contributed by atoms with Crippen molar-refractivity contribution in [3.8, 4) is 23.3 Å². The quantitative estimate of drug-likeness (QED) is 0.579. The summed E-state index contributed by atoms with van der Waals surface area (Å²) in [5, 5.41) is 0. The summed E-state index contributed by atoms with van der Waals surface area (Å²) in [6.07, 6.45) is 1.03. The monoisotopic (exact) mass is 324 g/mol. The molecule has 0 bridgehead atoms. The molecule has 2 aromatic rings. The van der Waals surface area contributed by atoms with Gasteiger partial charge in [-0.15, -0.1) is 0 Å². The molecule has 0 N–H and O–H groups in total. The molecule has 0 fully saturated rings. The van der Waals surface area contributed by atoms with Gasteiger partial charge in [-0.25, -0.2) is 0 Å². The second-order valence-electron chi connectivity index (χ2n) is 4.96. The van der Waals surface area contributed by atoms with Crippen LogP contribution in [-0.2, 0) is 16.0 Å². The van der Waals surface area contributed by atoms with Crippen LogP contribution in [0.25, 0.3) is 0 Å². The first-order valence-corrected chi connectivity index (χ1v) is 7.70. The summed E-state index contributed by atoms with van der Waals surface area (Å²) in [5.74, 6) is 7.16.